The van der Waals surface area contributed by atoms with Crippen LogP contribution in [0.15, 0.2) is 18.5 Å². The second-order valence-electron chi connectivity index (χ2n) is 5.49. The van der Waals surface area contributed by atoms with E-state index < -0.39 is 0 Å². The average molecular weight is 233 g/mol. The van der Waals surface area contributed by atoms with E-state index in [0.717, 1.165) is 12.3 Å². The van der Waals surface area contributed by atoms with Gasteiger partial charge in [0.25, 0.3) is 0 Å². The topological polar surface area (TPSA) is 62.2 Å². The number of hydrogen-bond acceptors (Lipinski definition) is 3. The van der Waals surface area contributed by atoms with E-state index in [1.54, 1.807) is 0 Å². The summed E-state index contributed by atoms with van der Waals surface area (Å²) in [6.07, 6.45) is 3.77. The highest BCUT2D eigenvalue weighted by Crippen LogP contribution is 2.52. The number of rotatable bonds is 2. The highest BCUT2D eigenvalue weighted by molar-refractivity contribution is 6.04. The largest absolute Gasteiger partial charge is 0.506 e. The Bertz CT molecular complexity index is 437. The van der Waals surface area contributed by atoms with Gasteiger partial charge in [-0.3, -0.25) is 9.78 Å². The van der Waals surface area contributed by atoms with E-state index in [1.807, 2.05) is 0 Å². The maximum Gasteiger partial charge on any atom is 0.232 e. The lowest BCUT2D eigenvalue weighted by atomic mass is 9.89. The summed E-state index contributed by atoms with van der Waals surface area (Å²) in [5.41, 5.74) is 0.494. The Morgan fingerprint density at radius 3 is 2.76 bits per heavy atom. The van der Waals surface area contributed by atoms with Crippen molar-refractivity contribution in [2.75, 3.05) is 5.32 Å². The molecule has 4 nitrogen and oxygen atoms in total. The lowest BCUT2D eigenvalue weighted by Crippen LogP contribution is -2.18. The highest BCUT2D eigenvalue weighted by atomic mass is 16.3. The van der Waals surface area contributed by atoms with Crippen LogP contribution in [0, 0.1) is 17.3 Å². The molecule has 91 valence electrons. The molecule has 1 unspecified atom stereocenters. The van der Waals surface area contributed by atoms with Crippen LogP contribution in [0.3, 0.4) is 0 Å². The fraction of sp³-hybridized carbons (Fsp3) is 0.462. The summed E-state index contributed by atoms with van der Waals surface area (Å²) in [7, 11) is 0. The van der Waals surface area contributed by atoms with E-state index in [2.05, 4.69) is 31.1 Å². The van der Waals surface area contributed by atoms with Gasteiger partial charge in [-0.2, -0.15) is 0 Å². The summed E-state index contributed by atoms with van der Waals surface area (Å²) < 4.78 is 0. The van der Waals surface area contributed by atoms with Crippen LogP contribution in [-0.4, -0.2) is 16.0 Å². The molecule has 17 heavy (non-hydrogen) atoms. The number of carbonyl (C=O) groups is 1. The van der Waals surface area contributed by atoms with Gasteiger partial charge in [-0.05, 0) is 17.8 Å². The zero-order valence-electron chi connectivity index (χ0n) is 10.3. The normalized spacial score (nSPS) is 20.1. The first-order chi connectivity index (χ1) is 7.89. The number of anilines is 1. The zero-order valence-corrected chi connectivity index (χ0v) is 10.3. The maximum absolute atomic E-state index is 11.9. The van der Waals surface area contributed by atoms with Crippen LogP contribution in [-0.2, 0) is 4.79 Å². The Labute approximate surface area is 101 Å². The van der Waals surface area contributed by atoms with Crippen molar-refractivity contribution in [3.63, 3.8) is 0 Å². The van der Waals surface area contributed by atoms with Gasteiger partial charge in [0.1, 0.15) is 11.4 Å². The fourth-order valence-electron chi connectivity index (χ4n) is 1.93. The Kier molecular flexibility index (Phi) is 2.81. The summed E-state index contributed by atoms with van der Waals surface area (Å²) in [5.74, 6) is 1.19. The number of nitrogens with one attached hydrogen (secondary N) is 1. The van der Waals surface area contributed by atoms with Crippen molar-refractivity contribution in [3.8, 4) is 5.75 Å². The van der Waals surface area contributed by atoms with Crippen LogP contribution >= 0.6 is 0 Å². The summed E-state index contributed by atoms with van der Waals surface area (Å²) in [6, 6.07) is 1.45. The van der Waals surface area contributed by atoms with Crippen molar-refractivity contribution >= 4 is 11.6 Å². The number of hydrogen-bond donors (Lipinski definition) is 2. The molecule has 0 aliphatic heterocycles. The van der Waals surface area contributed by atoms with Gasteiger partial charge >= 0.3 is 0 Å². The molecule has 2 N–H and O–H groups in total. The molecule has 1 fully saturated rings. The van der Waals surface area contributed by atoms with Crippen molar-refractivity contribution in [1.29, 1.82) is 0 Å². The van der Waals surface area contributed by atoms with Crippen LogP contribution in [0.5, 0.6) is 5.75 Å². The minimum Gasteiger partial charge on any atom is -0.506 e. The van der Waals surface area contributed by atoms with Crippen LogP contribution in [0.2, 0.25) is 0 Å². The van der Waals surface area contributed by atoms with Crippen molar-refractivity contribution < 1.29 is 9.90 Å². The number of pyridine rings is 1. The lowest BCUT2D eigenvalue weighted by Gasteiger charge is -2.17. The Morgan fingerprint density at radius 2 is 2.24 bits per heavy atom. The number of aromatic nitrogens is 1. The number of aromatic hydroxyl groups is 1. The summed E-state index contributed by atoms with van der Waals surface area (Å²) in [4.78, 5) is 15.8. The van der Waals surface area contributed by atoms with E-state index >= 15 is 0 Å². The van der Waals surface area contributed by atoms with Gasteiger partial charge in [0.2, 0.25) is 5.91 Å². The maximum atomic E-state index is 11.9. The standard InChI is InChI=1S/C13H17N2O2/c1-13(2,3)9-6-8(9)12(17)15-10-7-14-5-4-11(10)16/h4-5,7,9H,6H2,1-3H3,(H,14,16)(H,15,17). The van der Waals surface area contributed by atoms with Crippen LogP contribution in [0.1, 0.15) is 27.2 Å². The van der Waals surface area contributed by atoms with Crippen LogP contribution in [0.4, 0.5) is 5.69 Å². The smallest absolute Gasteiger partial charge is 0.232 e. The van der Waals surface area contributed by atoms with Crippen molar-refractivity contribution in [1.82, 2.24) is 4.98 Å². The molecule has 1 aromatic heterocycles. The molecule has 2 rings (SSSR count). The van der Waals surface area contributed by atoms with Gasteiger partial charge in [0.05, 0.1) is 12.1 Å². The molecule has 0 bridgehead atoms. The second kappa shape index (κ2) is 4.02. The molecule has 1 amide bonds. The van der Waals surface area contributed by atoms with Gasteiger partial charge in [-0.15, -0.1) is 0 Å². The number of nitrogens with zero attached hydrogens (tertiary/aromatic N) is 1. The molecular weight excluding hydrogens is 216 g/mol. The van der Waals surface area contributed by atoms with Gasteiger partial charge < -0.3 is 10.4 Å². The Morgan fingerprint density at radius 1 is 1.53 bits per heavy atom. The highest BCUT2D eigenvalue weighted by Gasteiger charge is 2.50. The predicted molar refractivity (Wildman–Crippen MR) is 65.3 cm³/mol. The molecule has 1 heterocycles. The van der Waals surface area contributed by atoms with Gasteiger partial charge in [-0.25, -0.2) is 0 Å². The number of carbonyl (C=O) groups excluding carboxylic acids is 1. The summed E-state index contributed by atoms with van der Waals surface area (Å²) in [5, 5.41) is 12.2. The van der Waals surface area contributed by atoms with Crippen LogP contribution < -0.4 is 5.32 Å². The third-order valence-corrected chi connectivity index (χ3v) is 3.07. The molecule has 1 aliphatic carbocycles. The van der Waals surface area contributed by atoms with E-state index in [-0.39, 0.29) is 17.1 Å². The van der Waals surface area contributed by atoms with E-state index in [4.69, 9.17) is 0 Å². The van der Waals surface area contributed by atoms with E-state index in [1.165, 1.54) is 18.5 Å². The van der Waals surface area contributed by atoms with E-state index in [9.17, 15) is 9.90 Å². The SMILES string of the molecule is CC(C)(C)C1C[C]1C(=O)Nc1cnccc1O. The Hall–Kier alpha value is -1.58. The molecule has 0 spiro atoms. The molecule has 1 radical (unpaired) electrons. The van der Waals surface area contributed by atoms with Crippen LogP contribution in [0.25, 0.3) is 0 Å². The molecule has 1 saturated carbocycles. The first-order valence-electron chi connectivity index (χ1n) is 5.69. The van der Waals surface area contributed by atoms with Gasteiger partial charge in [0, 0.05) is 12.3 Å². The quantitative estimate of drug-likeness (QED) is 0.824. The minimum atomic E-state index is -0.103. The molecular formula is C13H17N2O2. The summed E-state index contributed by atoms with van der Waals surface area (Å²) >= 11 is 0. The Balaban J connectivity index is 1.99. The molecule has 1 atom stereocenters. The van der Waals surface area contributed by atoms with E-state index in [0.29, 0.717) is 11.6 Å². The zero-order chi connectivity index (χ0) is 12.6. The molecule has 1 aliphatic rings. The third kappa shape index (κ3) is 2.57. The molecule has 0 saturated heterocycles. The summed E-state index contributed by atoms with van der Waals surface area (Å²) in [6.45, 7) is 6.37. The predicted octanol–water partition coefficient (Wildman–Crippen LogP) is 2.37. The van der Waals surface area contributed by atoms with Gasteiger partial charge in [0.15, 0.2) is 0 Å². The third-order valence-electron chi connectivity index (χ3n) is 3.07. The van der Waals surface area contributed by atoms with Crippen molar-refractivity contribution in [3.05, 3.63) is 24.4 Å². The first-order valence-corrected chi connectivity index (χ1v) is 5.69. The lowest BCUT2D eigenvalue weighted by molar-refractivity contribution is -0.113. The number of amides is 1. The van der Waals surface area contributed by atoms with Crippen molar-refractivity contribution in [2.24, 2.45) is 11.3 Å². The monoisotopic (exact) mass is 233 g/mol. The van der Waals surface area contributed by atoms with Crippen molar-refractivity contribution in [2.45, 2.75) is 27.2 Å². The fourth-order valence-corrected chi connectivity index (χ4v) is 1.93. The van der Waals surface area contributed by atoms with Gasteiger partial charge in [-0.1, -0.05) is 20.8 Å². The molecule has 0 aromatic carbocycles. The minimum absolute atomic E-state index is 0.0434. The molecule has 4 heteroatoms. The second-order valence-corrected chi connectivity index (χ2v) is 5.49. The molecule has 1 aromatic rings. The average Bonchev–Trinajstić information content (AvgIpc) is 3.00. The first kappa shape index (κ1) is 11.9.